The van der Waals surface area contributed by atoms with E-state index >= 15 is 0 Å². The zero-order valence-corrected chi connectivity index (χ0v) is 10.8. The Bertz CT molecular complexity index is 349. The first kappa shape index (κ1) is 12.5. The Labute approximate surface area is 103 Å². The molecule has 0 radical (unpaired) electrons. The third kappa shape index (κ3) is 5.19. The standard InChI is InChI=1S/C12H13BrOS/c1-2-3-6-11(14)9-15-12-7-4-5-10(13)8-12/h2,4-5,7-8H,1,3,6,9H2. The highest BCUT2D eigenvalue weighted by Crippen LogP contribution is 2.22. The number of benzene rings is 1. The second-order valence-corrected chi connectivity index (χ2v) is 5.08. The van der Waals surface area contributed by atoms with Crippen molar-refractivity contribution in [3.8, 4) is 0 Å². The van der Waals surface area contributed by atoms with Crippen LogP contribution in [0, 0.1) is 0 Å². The molecule has 0 saturated carbocycles. The fraction of sp³-hybridized carbons (Fsp3) is 0.250. The zero-order valence-electron chi connectivity index (χ0n) is 8.41. The molecule has 0 aliphatic heterocycles. The molecule has 0 aromatic heterocycles. The molecule has 1 aromatic carbocycles. The predicted molar refractivity (Wildman–Crippen MR) is 69.3 cm³/mol. The Morgan fingerprint density at radius 3 is 3.00 bits per heavy atom. The van der Waals surface area contributed by atoms with E-state index in [2.05, 4.69) is 22.5 Å². The predicted octanol–water partition coefficient (Wildman–Crippen LogP) is 4.08. The van der Waals surface area contributed by atoms with Gasteiger partial charge in [-0.05, 0) is 24.6 Å². The molecule has 1 aromatic rings. The number of hydrogen-bond acceptors (Lipinski definition) is 2. The second kappa shape index (κ2) is 6.85. The van der Waals surface area contributed by atoms with Crippen LogP contribution < -0.4 is 0 Å². The Morgan fingerprint density at radius 1 is 1.53 bits per heavy atom. The van der Waals surface area contributed by atoms with Gasteiger partial charge in [0.1, 0.15) is 5.78 Å². The molecule has 0 fully saturated rings. The van der Waals surface area contributed by atoms with Gasteiger partial charge in [0, 0.05) is 15.8 Å². The van der Waals surface area contributed by atoms with E-state index < -0.39 is 0 Å². The number of thioether (sulfide) groups is 1. The Hall–Kier alpha value is -0.540. The lowest BCUT2D eigenvalue weighted by Crippen LogP contribution is -1.99. The van der Waals surface area contributed by atoms with Gasteiger partial charge in [0.15, 0.2) is 0 Å². The van der Waals surface area contributed by atoms with Gasteiger partial charge >= 0.3 is 0 Å². The van der Waals surface area contributed by atoms with Crippen LogP contribution in [0.4, 0.5) is 0 Å². The monoisotopic (exact) mass is 284 g/mol. The molecule has 3 heteroatoms. The summed E-state index contributed by atoms with van der Waals surface area (Å²) in [5.41, 5.74) is 0. The van der Waals surface area contributed by atoms with Crippen LogP contribution in [0.15, 0.2) is 46.3 Å². The van der Waals surface area contributed by atoms with Crippen molar-refractivity contribution in [1.29, 1.82) is 0 Å². The van der Waals surface area contributed by atoms with Crippen molar-refractivity contribution in [1.82, 2.24) is 0 Å². The van der Waals surface area contributed by atoms with E-state index in [1.165, 1.54) is 0 Å². The summed E-state index contributed by atoms with van der Waals surface area (Å²) in [4.78, 5) is 12.5. The summed E-state index contributed by atoms with van der Waals surface area (Å²) < 4.78 is 1.05. The Balaban J connectivity index is 2.36. The molecule has 0 amide bonds. The highest BCUT2D eigenvalue weighted by Gasteiger charge is 2.02. The molecule has 0 bridgehead atoms. The fourth-order valence-electron chi connectivity index (χ4n) is 1.06. The van der Waals surface area contributed by atoms with E-state index in [-0.39, 0.29) is 5.78 Å². The second-order valence-electron chi connectivity index (χ2n) is 3.11. The van der Waals surface area contributed by atoms with Crippen LogP contribution in [0.5, 0.6) is 0 Å². The third-order valence-electron chi connectivity index (χ3n) is 1.82. The summed E-state index contributed by atoms with van der Waals surface area (Å²) in [5, 5.41) is 0. The summed E-state index contributed by atoms with van der Waals surface area (Å²) in [6, 6.07) is 7.98. The van der Waals surface area contributed by atoms with Crippen LogP contribution in [0.25, 0.3) is 0 Å². The van der Waals surface area contributed by atoms with Gasteiger partial charge in [0.2, 0.25) is 0 Å². The lowest BCUT2D eigenvalue weighted by atomic mass is 10.2. The molecule has 0 N–H and O–H groups in total. The van der Waals surface area contributed by atoms with Gasteiger partial charge in [0.25, 0.3) is 0 Å². The minimum Gasteiger partial charge on any atom is -0.299 e. The topological polar surface area (TPSA) is 17.1 Å². The van der Waals surface area contributed by atoms with Crippen molar-refractivity contribution in [2.45, 2.75) is 17.7 Å². The van der Waals surface area contributed by atoms with Gasteiger partial charge in [-0.1, -0.05) is 28.1 Å². The number of carbonyl (C=O) groups excluding carboxylic acids is 1. The van der Waals surface area contributed by atoms with Crippen molar-refractivity contribution in [2.75, 3.05) is 5.75 Å². The summed E-state index contributed by atoms with van der Waals surface area (Å²) in [5.74, 6) is 0.824. The van der Waals surface area contributed by atoms with Crippen LogP contribution in [-0.2, 0) is 4.79 Å². The number of ketones is 1. The number of carbonyl (C=O) groups is 1. The molecular weight excluding hydrogens is 272 g/mol. The molecule has 80 valence electrons. The van der Waals surface area contributed by atoms with Crippen LogP contribution in [-0.4, -0.2) is 11.5 Å². The van der Waals surface area contributed by atoms with Gasteiger partial charge in [-0.2, -0.15) is 0 Å². The maximum Gasteiger partial charge on any atom is 0.143 e. The first-order valence-corrected chi connectivity index (χ1v) is 6.51. The molecule has 0 atom stereocenters. The Kier molecular flexibility index (Phi) is 5.73. The van der Waals surface area contributed by atoms with Crippen molar-refractivity contribution in [3.05, 3.63) is 41.4 Å². The maximum absolute atomic E-state index is 11.4. The first-order valence-electron chi connectivity index (χ1n) is 4.73. The van der Waals surface area contributed by atoms with Crippen molar-refractivity contribution in [3.63, 3.8) is 0 Å². The van der Waals surface area contributed by atoms with E-state index in [0.717, 1.165) is 15.8 Å². The van der Waals surface area contributed by atoms with Gasteiger partial charge in [-0.25, -0.2) is 0 Å². The Morgan fingerprint density at radius 2 is 2.33 bits per heavy atom. The van der Waals surface area contributed by atoms with Crippen LogP contribution in [0.2, 0.25) is 0 Å². The van der Waals surface area contributed by atoms with Gasteiger partial charge in [0.05, 0.1) is 5.75 Å². The smallest absolute Gasteiger partial charge is 0.143 e. The molecule has 0 saturated heterocycles. The number of allylic oxidation sites excluding steroid dienone is 1. The number of halogens is 1. The van der Waals surface area contributed by atoms with Gasteiger partial charge < -0.3 is 0 Å². The molecular formula is C12H13BrOS. The SMILES string of the molecule is C=CCCC(=O)CSc1cccc(Br)c1. The van der Waals surface area contributed by atoms with Crippen molar-refractivity contribution < 1.29 is 4.79 Å². The normalized spacial score (nSPS) is 9.93. The van der Waals surface area contributed by atoms with Crippen molar-refractivity contribution in [2.24, 2.45) is 0 Å². The third-order valence-corrected chi connectivity index (χ3v) is 3.37. The lowest BCUT2D eigenvalue weighted by Gasteiger charge is -2.00. The molecule has 1 nitrogen and oxygen atoms in total. The fourth-order valence-corrected chi connectivity index (χ4v) is 2.46. The number of rotatable bonds is 6. The van der Waals surface area contributed by atoms with E-state index in [1.54, 1.807) is 17.8 Å². The number of hydrogen-bond donors (Lipinski definition) is 0. The molecule has 0 spiro atoms. The van der Waals surface area contributed by atoms with E-state index in [4.69, 9.17) is 0 Å². The average molecular weight is 285 g/mol. The average Bonchev–Trinajstić information content (AvgIpc) is 2.23. The molecule has 0 aliphatic carbocycles. The lowest BCUT2D eigenvalue weighted by molar-refractivity contribution is -0.116. The van der Waals surface area contributed by atoms with E-state index in [9.17, 15) is 4.79 Å². The van der Waals surface area contributed by atoms with Crippen molar-refractivity contribution >= 4 is 33.5 Å². The quantitative estimate of drug-likeness (QED) is 0.578. The molecule has 0 aliphatic rings. The summed E-state index contributed by atoms with van der Waals surface area (Å²) in [6.07, 6.45) is 3.16. The molecule has 1 rings (SSSR count). The molecule has 0 heterocycles. The summed E-state index contributed by atoms with van der Waals surface area (Å²) >= 11 is 4.98. The molecule has 15 heavy (non-hydrogen) atoms. The minimum atomic E-state index is 0.278. The molecule has 0 unspecified atom stereocenters. The minimum absolute atomic E-state index is 0.278. The van der Waals surface area contributed by atoms with Crippen LogP contribution >= 0.6 is 27.7 Å². The highest BCUT2D eigenvalue weighted by atomic mass is 79.9. The maximum atomic E-state index is 11.4. The largest absolute Gasteiger partial charge is 0.299 e. The summed E-state index contributed by atoms with van der Waals surface area (Å²) in [6.45, 7) is 3.60. The van der Waals surface area contributed by atoms with Crippen LogP contribution in [0.3, 0.4) is 0 Å². The zero-order chi connectivity index (χ0) is 11.1. The van der Waals surface area contributed by atoms with Gasteiger partial charge in [-0.3, -0.25) is 4.79 Å². The number of Topliss-reactive ketones (excluding diaryl/α,β-unsaturated/α-hetero) is 1. The van der Waals surface area contributed by atoms with Gasteiger partial charge in [-0.15, -0.1) is 18.3 Å². The van der Waals surface area contributed by atoms with Crippen LogP contribution in [0.1, 0.15) is 12.8 Å². The summed E-state index contributed by atoms with van der Waals surface area (Å²) in [7, 11) is 0. The van der Waals surface area contributed by atoms with E-state index in [0.29, 0.717) is 12.2 Å². The highest BCUT2D eigenvalue weighted by molar-refractivity contribution is 9.10. The van der Waals surface area contributed by atoms with E-state index in [1.807, 2.05) is 24.3 Å². The first-order chi connectivity index (χ1) is 7.22.